The summed E-state index contributed by atoms with van der Waals surface area (Å²) in [5.74, 6) is -0.0590. The van der Waals surface area contributed by atoms with Crippen molar-refractivity contribution in [3.63, 3.8) is 0 Å². The third-order valence-electron chi connectivity index (χ3n) is 2.67. The van der Waals surface area contributed by atoms with E-state index in [4.69, 9.17) is 0 Å². The van der Waals surface area contributed by atoms with Crippen molar-refractivity contribution in [1.82, 2.24) is 20.4 Å². The van der Waals surface area contributed by atoms with Crippen LogP contribution in [0.3, 0.4) is 0 Å². The molecule has 0 unspecified atom stereocenters. The summed E-state index contributed by atoms with van der Waals surface area (Å²) < 4.78 is 1.80. The van der Waals surface area contributed by atoms with Gasteiger partial charge in [-0.05, 0) is 19.9 Å². The molecule has 0 saturated heterocycles. The number of aryl methyl sites for hydroxylation is 1. The van der Waals surface area contributed by atoms with Gasteiger partial charge in [-0.3, -0.25) is 9.48 Å². The fraction of sp³-hybridized carbons (Fsp3) is 0.600. The predicted molar refractivity (Wildman–Crippen MR) is 56.6 cm³/mol. The van der Waals surface area contributed by atoms with Gasteiger partial charge in [0.15, 0.2) is 5.69 Å². The van der Waals surface area contributed by atoms with E-state index >= 15 is 0 Å². The minimum absolute atomic E-state index is 0.0590. The Balaban J connectivity index is 2.35. The summed E-state index contributed by atoms with van der Waals surface area (Å²) in [7, 11) is 1.88. The number of hydrogen-bond acceptors (Lipinski definition) is 3. The van der Waals surface area contributed by atoms with Crippen LogP contribution in [0.1, 0.15) is 28.7 Å². The molecule has 2 rings (SSSR count). The highest BCUT2D eigenvalue weighted by Gasteiger charge is 2.22. The lowest BCUT2D eigenvalue weighted by Crippen LogP contribution is -2.28. The minimum atomic E-state index is -0.0590. The van der Waals surface area contributed by atoms with Crippen LogP contribution in [0.5, 0.6) is 0 Å². The zero-order valence-corrected chi connectivity index (χ0v) is 9.13. The Bertz CT molecular complexity index is 383. The smallest absolute Gasteiger partial charge is 0.272 e. The molecule has 0 atom stereocenters. The number of fused-ring (bicyclic) bond motifs is 1. The first-order valence-electron chi connectivity index (χ1n) is 5.27. The standard InChI is InChI=1S/C10H16N4O/c1-3-12-10(15)9-7-4-5-11-6-8(7)14(2)13-9/h11H,3-6H2,1-2H3,(H,12,15). The van der Waals surface area contributed by atoms with Gasteiger partial charge in [-0.25, -0.2) is 0 Å². The zero-order chi connectivity index (χ0) is 10.8. The van der Waals surface area contributed by atoms with Gasteiger partial charge in [0, 0.05) is 25.7 Å². The number of nitrogens with one attached hydrogen (secondary N) is 2. The van der Waals surface area contributed by atoms with Crippen molar-refractivity contribution in [3.05, 3.63) is 17.0 Å². The molecule has 1 amide bonds. The van der Waals surface area contributed by atoms with E-state index in [0.717, 1.165) is 30.8 Å². The number of hydrogen-bond donors (Lipinski definition) is 2. The molecule has 2 heterocycles. The van der Waals surface area contributed by atoms with Crippen LogP contribution in [0.2, 0.25) is 0 Å². The van der Waals surface area contributed by atoms with Crippen LogP contribution in [-0.2, 0) is 20.0 Å². The third kappa shape index (κ3) is 1.74. The summed E-state index contributed by atoms with van der Waals surface area (Å²) in [5, 5.41) is 10.3. The molecule has 1 aliphatic heterocycles. The summed E-state index contributed by atoms with van der Waals surface area (Å²) in [4.78, 5) is 11.7. The van der Waals surface area contributed by atoms with Gasteiger partial charge >= 0.3 is 0 Å². The first-order valence-corrected chi connectivity index (χ1v) is 5.27. The fourth-order valence-corrected chi connectivity index (χ4v) is 1.93. The van der Waals surface area contributed by atoms with Gasteiger partial charge in [0.25, 0.3) is 5.91 Å². The molecule has 2 N–H and O–H groups in total. The maximum atomic E-state index is 11.7. The zero-order valence-electron chi connectivity index (χ0n) is 9.13. The number of carbonyl (C=O) groups excluding carboxylic acids is 1. The van der Waals surface area contributed by atoms with Crippen LogP contribution in [0.4, 0.5) is 0 Å². The number of nitrogens with zero attached hydrogens (tertiary/aromatic N) is 2. The summed E-state index contributed by atoms with van der Waals surface area (Å²) in [6.07, 6.45) is 0.885. The van der Waals surface area contributed by atoms with E-state index in [1.165, 1.54) is 0 Å². The Morgan fingerprint density at radius 3 is 3.20 bits per heavy atom. The molecule has 1 aromatic rings. The summed E-state index contributed by atoms with van der Waals surface area (Å²) in [6, 6.07) is 0. The molecule has 0 bridgehead atoms. The van der Waals surface area contributed by atoms with Gasteiger partial charge in [-0.15, -0.1) is 0 Å². The highest BCUT2D eigenvalue weighted by Crippen LogP contribution is 2.17. The molecule has 0 aromatic carbocycles. The average molecular weight is 208 g/mol. The molecular formula is C10H16N4O. The SMILES string of the molecule is CCNC(=O)c1nn(C)c2c1CCNC2. The fourth-order valence-electron chi connectivity index (χ4n) is 1.93. The van der Waals surface area contributed by atoms with Crippen molar-refractivity contribution < 1.29 is 4.79 Å². The maximum absolute atomic E-state index is 11.7. The van der Waals surface area contributed by atoms with Crippen molar-refractivity contribution >= 4 is 5.91 Å². The Hall–Kier alpha value is -1.36. The quantitative estimate of drug-likeness (QED) is 0.708. The second kappa shape index (κ2) is 4.02. The van der Waals surface area contributed by atoms with Crippen LogP contribution in [0.25, 0.3) is 0 Å². The molecule has 15 heavy (non-hydrogen) atoms. The molecule has 0 fully saturated rings. The van der Waals surface area contributed by atoms with Crippen LogP contribution in [0.15, 0.2) is 0 Å². The summed E-state index contributed by atoms with van der Waals surface area (Å²) >= 11 is 0. The molecule has 0 aliphatic carbocycles. The van der Waals surface area contributed by atoms with Gasteiger partial charge < -0.3 is 10.6 Å². The molecule has 5 heteroatoms. The lowest BCUT2D eigenvalue weighted by atomic mass is 10.1. The van der Waals surface area contributed by atoms with Gasteiger partial charge in [-0.2, -0.15) is 5.10 Å². The number of aromatic nitrogens is 2. The lowest BCUT2D eigenvalue weighted by Gasteiger charge is -2.13. The van der Waals surface area contributed by atoms with E-state index in [1.54, 1.807) is 4.68 Å². The third-order valence-corrected chi connectivity index (χ3v) is 2.67. The first-order chi connectivity index (χ1) is 7.24. The highest BCUT2D eigenvalue weighted by molar-refractivity contribution is 5.94. The van der Waals surface area contributed by atoms with Gasteiger partial charge in [-0.1, -0.05) is 0 Å². The molecule has 5 nitrogen and oxygen atoms in total. The van der Waals surface area contributed by atoms with Crippen molar-refractivity contribution in [2.24, 2.45) is 7.05 Å². The molecule has 0 radical (unpaired) electrons. The molecule has 1 aromatic heterocycles. The average Bonchev–Trinajstić information content (AvgIpc) is 2.58. The molecular weight excluding hydrogens is 192 g/mol. The Morgan fingerprint density at radius 1 is 1.67 bits per heavy atom. The summed E-state index contributed by atoms with van der Waals surface area (Å²) in [5.41, 5.74) is 2.82. The number of rotatable bonds is 2. The highest BCUT2D eigenvalue weighted by atomic mass is 16.1. The minimum Gasteiger partial charge on any atom is -0.351 e. The maximum Gasteiger partial charge on any atom is 0.272 e. The van der Waals surface area contributed by atoms with Crippen molar-refractivity contribution in [3.8, 4) is 0 Å². The van der Waals surface area contributed by atoms with Crippen LogP contribution in [-0.4, -0.2) is 28.8 Å². The Morgan fingerprint density at radius 2 is 2.47 bits per heavy atom. The second-order valence-corrected chi connectivity index (χ2v) is 3.68. The van der Waals surface area contributed by atoms with Gasteiger partial charge in [0.05, 0.1) is 5.69 Å². The van der Waals surface area contributed by atoms with E-state index in [2.05, 4.69) is 15.7 Å². The van der Waals surface area contributed by atoms with Crippen LogP contribution >= 0.6 is 0 Å². The normalized spacial score (nSPS) is 14.8. The van der Waals surface area contributed by atoms with E-state index < -0.39 is 0 Å². The molecule has 0 saturated carbocycles. The largest absolute Gasteiger partial charge is 0.351 e. The van der Waals surface area contributed by atoms with Gasteiger partial charge in [0.1, 0.15) is 0 Å². The topological polar surface area (TPSA) is 59.0 Å². The Labute approximate surface area is 88.8 Å². The van der Waals surface area contributed by atoms with Crippen LogP contribution in [0, 0.1) is 0 Å². The van der Waals surface area contributed by atoms with Crippen molar-refractivity contribution in [1.29, 1.82) is 0 Å². The van der Waals surface area contributed by atoms with Crippen molar-refractivity contribution in [2.75, 3.05) is 13.1 Å². The first kappa shape index (κ1) is 10.2. The monoisotopic (exact) mass is 208 g/mol. The predicted octanol–water partition coefficient (Wildman–Crippen LogP) is -0.184. The Kier molecular flexibility index (Phi) is 2.73. The molecule has 82 valence electrons. The number of amides is 1. The van der Waals surface area contributed by atoms with E-state index in [-0.39, 0.29) is 5.91 Å². The van der Waals surface area contributed by atoms with E-state index in [9.17, 15) is 4.79 Å². The molecule has 1 aliphatic rings. The van der Waals surface area contributed by atoms with Gasteiger partial charge in [0.2, 0.25) is 0 Å². The molecule has 0 spiro atoms. The number of carbonyl (C=O) groups is 1. The summed E-state index contributed by atoms with van der Waals surface area (Å²) in [6.45, 7) is 4.28. The lowest BCUT2D eigenvalue weighted by molar-refractivity contribution is 0.0949. The van der Waals surface area contributed by atoms with Crippen molar-refractivity contribution in [2.45, 2.75) is 19.9 Å². The van der Waals surface area contributed by atoms with E-state index in [0.29, 0.717) is 12.2 Å². The van der Waals surface area contributed by atoms with E-state index in [1.807, 2.05) is 14.0 Å². The second-order valence-electron chi connectivity index (χ2n) is 3.68. The van der Waals surface area contributed by atoms with Crippen LogP contribution < -0.4 is 10.6 Å².